The predicted octanol–water partition coefficient (Wildman–Crippen LogP) is 4.55. The normalized spacial score (nSPS) is 10.4. The number of thiophene rings is 1. The van der Waals surface area contributed by atoms with Crippen LogP contribution in [0.4, 0.5) is 0 Å². The number of ether oxygens (including phenoxy) is 1. The lowest BCUT2D eigenvalue weighted by molar-refractivity contribution is 0.0696. The predicted molar refractivity (Wildman–Crippen MR) is 97.7 cm³/mol. The Morgan fingerprint density at radius 2 is 1.84 bits per heavy atom. The third-order valence-electron chi connectivity index (χ3n) is 3.87. The van der Waals surface area contributed by atoms with E-state index in [1.165, 1.54) is 12.1 Å². The molecule has 0 unspecified atom stereocenters. The SMILES string of the molecule is COc1ccc(-c2cccs2)cc1C(=O)Cc1ccc(C(=O)O)cc1. The molecule has 2 aromatic carbocycles. The first-order valence-electron chi connectivity index (χ1n) is 7.66. The van der Waals surface area contributed by atoms with Gasteiger partial charge in [-0.1, -0.05) is 18.2 Å². The third kappa shape index (κ3) is 3.78. The van der Waals surface area contributed by atoms with E-state index in [1.807, 2.05) is 29.6 Å². The van der Waals surface area contributed by atoms with Crippen LogP contribution in [0.3, 0.4) is 0 Å². The molecule has 0 atom stereocenters. The second-order valence-corrected chi connectivity index (χ2v) is 6.44. The quantitative estimate of drug-likeness (QED) is 0.661. The molecule has 0 aliphatic carbocycles. The van der Waals surface area contributed by atoms with Crippen molar-refractivity contribution >= 4 is 23.1 Å². The Morgan fingerprint density at radius 3 is 2.44 bits per heavy atom. The van der Waals surface area contributed by atoms with E-state index < -0.39 is 5.97 Å². The number of methoxy groups -OCH3 is 1. The monoisotopic (exact) mass is 352 g/mol. The molecule has 25 heavy (non-hydrogen) atoms. The second kappa shape index (κ2) is 7.32. The largest absolute Gasteiger partial charge is 0.496 e. The van der Waals surface area contributed by atoms with Crippen molar-refractivity contribution in [1.29, 1.82) is 0 Å². The lowest BCUT2D eigenvalue weighted by Gasteiger charge is -2.10. The first-order valence-corrected chi connectivity index (χ1v) is 8.54. The standard InChI is InChI=1S/C20H16O4S/c1-24-18-9-8-15(19-3-2-10-25-19)12-16(18)17(21)11-13-4-6-14(7-5-13)20(22)23/h2-10,12H,11H2,1H3,(H,22,23). The highest BCUT2D eigenvalue weighted by atomic mass is 32.1. The topological polar surface area (TPSA) is 63.6 Å². The molecule has 0 amide bonds. The molecule has 0 spiro atoms. The van der Waals surface area contributed by atoms with E-state index in [9.17, 15) is 9.59 Å². The zero-order valence-electron chi connectivity index (χ0n) is 13.6. The van der Waals surface area contributed by atoms with Crippen molar-refractivity contribution in [2.45, 2.75) is 6.42 Å². The molecule has 126 valence electrons. The maximum absolute atomic E-state index is 12.7. The van der Waals surface area contributed by atoms with E-state index in [4.69, 9.17) is 9.84 Å². The summed E-state index contributed by atoms with van der Waals surface area (Å²) in [6.07, 6.45) is 0.185. The third-order valence-corrected chi connectivity index (χ3v) is 4.79. The van der Waals surface area contributed by atoms with Gasteiger partial charge >= 0.3 is 5.97 Å². The van der Waals surface area contributed by atoms with Crippen LogP contribution in [0, 0.1) is 0 Å². The summed E-state index contributed by atoms with van der Waals surface area (Å²) in [5.41, 5.74) is 2.46. The summed E-state index contributed by atoms with van der Waals surface area (Å²) in [6, 6.07) is 15.9. The van der Waals surface area contributed by atoms with Crippen LogP contribution >= 0.6 is 11.3 Å². The number of carboxylic acid groups (broad SMARTS) is 1. The number of carboxylic acids is 1. The van der Waals surface area contributed by atoms with E-state index in [2.05, 4.69) is 0 Å². The molecular formula is C20H16O4S. The van der Waals surface area contributed by atoms with Gasteiger partial charge in [0.25, 0.3) is 0 Å². The van der Waals surface area contributed by atoms with Gasteiger partial charge in [-0.15, -0.1) is 11.3 Å². The highest BCUT2D eigenvalue weighted by Crippen LogP contribution is 2.30. The van der Waals surface area contributed by atoms with Crippen LogP contribution in [0.25, 0.3) is 10.4 Å². The highest BCUT2D eigenvalue weighted by Gasteiger charge is 2.15. The summed E-state index contributed by atoms with van der Waals surface area (Å²) >= 11 is 1.61. The number of rotatable bonds is 6. The molecule has 3 rings (SSSR count). The van der Waals surface area contributed by atoms with E-state index in [-0.39, 0.29) is 17.8 Å². The Kier molecular flexibility index (Phi) is 4.95. The molecule has 1 heterocycles. The van der Waals surface area contributed by atoms with Crippen molar-refractivity contribution in [3.8, 4) is 16.2 Å². The molecule has 0 saturated heterocycles. The number of aromatic carboxylic acids is 1. The van der Waals surface area contributed by atoms with Gasteiger partial charge in [-0.3, -0.25) is 4.79 Å². The van der Waals surface area contributed by atoms with Crippen molar-refractivity contribution in [2.75, 3.05) is 7.11 Å². The molecule has 5 heteroatoms. The summed E-state index contributed by atoms with van der Waals surface area (Å²) in [7, 11) is 1.54. The molecule has 0 aliphatic heterocycles. The zero-order chi connectivity index (χ0) is 17.8. The second-order valence-electron chi connectivity index (χ2n) is 5.49. The molecule has 1 aromatic heterocycles. The van der Waals surface area contributed by atoms with Crippen molar-refractivity contribution in [3.63, 3.8) is 0 Å². The minimum atomic E-state index is -0.983. The van der Waals surface area contributed by atoms with Crippen LogP contribution in [0.5, 0.6) is 5.75 Å². The highest BCUT2D eigenvalue weighted by molar-refractivity contribution is 7.13. The van der Waals surface area contributed by atoms with Crippen LogP contribution in [-0.2, 0) is 6.42 Å². The van der Waals surface area contributed by atoms with Crippen molar-refractivity contribution < 1.29 is 19.4 Å². The smallest absolute Gasteiger partial charge is 0.335 e. The minimum absolute atomic E-state index is 0.0710. The van der Waals surface area contributed by atoms with Crippen LogP contribution in [-0.4, -0.2) is 24.0 Å². The fourth-order valence-corrected chi connectivity index (χ4v) is 3.29. The van der Waals surface area contributed by atoms with Crippen LogP contribution < -0.4 is 4.74 Å². The van der Waals surface area contributed by atoms with E-state index in [0.717, 1.165) is 16.0 Å². The Labute approximate surface area is 149 Å². The summed E-state index contributed by atoms with van der Waals surface area (Å²) < 4.78 is 5.33. The van der Waals surface area contributed by atoms with Gasteiger partial charge in [-0.25, -0.2) is 4.79 Å². The van der Waals surface area contributed by atoms with E-state index in [1.54, 1.807) is 36.6 Å². The number of hydrogen-bond acceptors (Lipinski definition) is 4. The number of carbonyl (C=O) groups is 2. The number of benzene rings is 2. The lowest BCUT2D eigenvalue weighted by atomic mass is 9.99. The van der Waals surface area contributed by atoms with E-state index >= 15 is 0 Å². The van der Waals surface area contributed by atoms with Crippen molar-refractivity contribution in [2.24, 2.45) is 0 Å². The van der Waals surface area contributed by atoms with Crippen LogP contribution in [0.2, 0.25) is 0 Å². The molecule has 0 bridgehead atoms. The van der Waals surface area contributed by atoms with Gasteiger partial charge in [0, 0.05) is 11.3 Å². The van der Waals surface area contributed by atoms with Crippen LogP contribution in [0.15, 0.2) is 60.0 Å². The molecule has 0 radical (unpaired) electrons. The molecule has 0 saturated carbocycles. The molecular weight excluding hydrogens is 336 g/mol. The van der Waals surface area contributed by atoms with Gasteiger partial charge in [0.15, 0.2) is 5.78 Å². The minimum Gasteiger partial charge on any atom is -0.496 e. The Balaban J connectivity index is 1.87. The number of carbonyl (C=O) groups excluding carboxylic acids is 1. The summed E-state index contributed by atoms with van der Waals surface area (Å²) in [5, 5.41) is 10.9. The van der Waals surface area contributed by atoms with Gasteiger partial charge in [-0.05, 0) is 52.9 Å². The lowest BCUT2D eigenvalue weighted by Crippen LogP contribution is -2.06. The molecule has 0 aliphatic rings. The zero-order valence-corrected chi connectivity index (χ0v) is 14.4. The molecule has 1 N–H and O–H groups in total. The first-order chi connectivity index (χ1) is 12.1. The molecule has 0 fully saturated rings. The Morgan fingerprint density at radius 1 is 1.08 bits per heavy atom. The van der Waals surface area contributed by atoms with Gasteiger partial charge < -0.3 is 9.84 Å². The van der Waals surface area contributed by atoms with Gasteiger partial charge in [0.2, 0.25) is 0 Å². The van der Waals surface area contributed by atoms with E-state index in [0.29, 0.717) is 11.3 Å². The number of hydrogen-bond donors (Lipinski definition) is 1. The fraction of sp³-hybridized carbons (Fsp3) is 0.100. The summed E-state index contributed by atoms with van der Waals surface area (Å²) in [5.74, 6) is -0.519. The average Bonchev–Trinajstić information content (AvgIpc) is 3.16. The fourth-order valence-electron chi connectivity index (χ4n) is 2.57. The average molecular weight is 352 g/mol. The van der Waals surface area contributed by atoms with Gasteiger partial charge in [-0.2, -0.15) is 0 Å². The number of ketones is 1. The van der Waals surface area contributed by atoms with Crippen molar-refractivity contribution in [1.82, 2.24) is 0 Å². The summed E-state index contributed by atoms with van der Waals surface area (Å²) in [4.78, 5) is 24.7. The summed E-state index contributed by atoms with van der Waals surface area (Å²) in [6.45, 7) is 0. The van der Waals surface area contributed by atoms with Crippen LogP contribution in [0.1, 0.15) is 26.3 Å². The molecule has 4 nitrogen and oxygen atoms in total. The molecule has 3 aromatic rings. The Bertz CT molecular complexity index is 896. The maximum Gasteiger partial charge on any atom is 0.335 e. The van der Waals surface area contributed by atoms with Crippen molar-refractivity contribution in [3.05, 3.63) is 76.7 Å². The maximum atomic E-state index is 12.7. The van der Waals surface area contributed by atoms with Gasteiger partial charge in [0.05, 0.1) is 18.2 Å². The number of Topliss-reactive ketones (excluding diaryl/α,β-unsaturated/α-hetero) is 1. The van der Waals surface area contributed by atoms with Gasteiger partial charge in [0.1, 0.15) is 5.75 Å². The first kappa shape index (κ1) is 16.9. The Hall–Kier alpha value is -2.92.